The number of nitrogens with zero attached hydrogens (tertiary/aromatic N) is 4. The summed E-state index contributed by atoms with van der Waals surface area (Å²) in [4.78, 5) is 6.84. The van der Waals surface area contributed by atoms with Gasteiger partial charge in [0.1, 0.15) is 5.75 Å². The van der Waals surface area contributed by atoms with Gasteiger partial charge >= 0.3 is 0 Å². The summed E-state index contributed by atoms with van der Waals surface area (Å²) in [7, 11) is 1.64. The molecule has 0 radical (unpaired) electrons. The average molecular weight is 378 g/mol. The lowest BCUT2D eigenvalue weighted by molar-refractivity contribution is 0.119. The molecule has 0 spiro atoms. The maximum Gasteiger partial charge on any atom is 0.156 e. The van der Waals surface area contributed by atoms with Gasteiger partial charge in [-0.05, 0) is 49.6 Å². The number of β-amino-alcohol motifs (C(OH)–C–C–N with tert-alkyl or cyclic N) is 1. The van der Waals surface area contributed by atoms with E-state index in [-0.39, 0.29) is 0 Å². The van der Waals surface area contributed by atoms with Crippen molar-refractivity contribution in [2.45, 2.75) is 26.4 Å². The summed E-state index contributed by atoms with van der Waals surface area (Å²) < 4.78 is 7.08. The molecule has 0 amide bonds. The van der Waals surface area contributed by atoms with Gasteiger partial charge in [-0.1, -0.05) is 18.2 Å². The first-order valence-corrected chi connectivity index (χ1v) is 9.61. The van der Waals surface area contributed by atoms with Crippen LogP contribution in [0.25, 0.3) is 11.2 Å². The largest absolute Gasteiger partial charge is 0.497 e. The van der Waals surface area contributed by atoms with Crippen LogP contribution in [0.2, 0.25) is 0 Å². The van der Waals surface area contributed by atoms with Crippen molar-refractivity contribution in [3.8, 4) is 5.75 Å². The van der Waals surface area contributed by atoms with Crippen LogP contribution in [-0.2, 0) is 0 Å². The molecule has 4 rings (SSSR count). The van der Waals surface area contributed by atoms with Gasteiger partial charge in [-0.15, -0.1) is 0 Å². The number of hydrogen-bond acceptors (Lipinski definition) is 5. The number of aromatic nitrogens is 3. The van der Waals surface area contributed by atoms with Crippen molar-refractivity contribution in [1.82, 2.24) is 19.5 Å². The number of aryl methyl sites for hydroxylation is 2. The van der Waals surface area contributed by atoms with E-state index in [1.165, 1.54) is 5.57 Å². The predicted molar refractivity (Wildman–Crippen MR) is 109 cm³/mol. The molecule has 6 nitrogen and oxygen atoms in total. The molecule has 28 heavy (non-hydrogen) atoms. The second kappa shape index (κ2) is 7.73. The first-order valence-electron chi connectivity index (χ1n) is 9.61. The molecule has 6 heteroatoms. The lowest BCUT2D eigenvalue weighted by Crippen LogP contribution is -2.32. The molecule has 0 saturated heterocycles. The van der Waals surface area contributed by atoms with Gasteiger partial charge in [-0.2, -0.15) is 5.10 Å². The minimum Gasteiger partial charge on any atom is -0.497 e. The fourth-order valence-electron chi connectivity index (χ4n) is 3.73. The highest BCUT2D eigenvalue weighted by molar-refractivity contribution is 5.67. The Labute approximate surface area is 165 Å². The SMILES string of the molecule is COc1ccc([C@@H](O)CN2CC=C(c3cc4nc(C)cc(C)n4n3)CC2)cc1. The maximum atomic E-state index is 10.5. The van der Waals surface area contributed by atoms with Crippen molar-refractivity contribution < 1.29 is 9.84 Å². The zero-order chi connectivity index (χ0) is 19.7. The number of hydrogen-bond donors (Lipinski definition) is 1. The van der Waals surface area contributed by atoms with E-state index >= 15 is 0 Å². The third-order valence-electron chi connectivity index (χ3n) is 5.29. The summed E-state index contributed by atoms with van der Waals surface area (Å²) in [5.74, 6) is 0.800. The molecule has 0 aliphatic carbocycles. The molecule has 1 atom stereocenters. The minimum atomic E-state index is -0.508. The van der Waals surface area contributed by atoms with Crippen molar-refractivity contribution in [2.24, 2.45) is 0 Å². The van der Waals surface area contributed by atoms with Gasteiger partial charge in [-0.3, -0.25) is 4.90 Å². The van der Waals surface area contributed by atoms with Crippen LogP contribution in [0.1, 0.15) is 35.2 Å². The summed E-state index contributed by atoms with van der Waals surface area (Å²) in [6, 6.07) is 11.7. The van der Waals surface area contributed by atoms with Crippen LogP contribution in [0.3, 0.4) is 0 Å². The first-order chi connectivity index (χ1) is 13.5. The number of methoxy groups -OCH3 is 1. The first kappa shape index (κ1) is 18.7. The van der Waals surface area contributed by atoms with E-state index in [0.29, 0.717) is 6.54 Å². The predicted octanol–water partition coefficient (Wildman–Crippen LogP) is 3.18. The molecule has 1 aromatic carbocycles. The number of aliphatic hydroxyl groups is 1. The molecule has 1 aliphatic rings. The maximum absolute atomic E-state index is 10.5. The van der Waals surface area contributed by atoms with Crippen LogP contribution in [0.5, 0.6) is 5.75 Å². The average Bonchev–Trinajstić information content (AvgIpc) is 3.13. The minimum absolute atomic E-state index is 0.508. The second-order valence-electron chi connectivity index (χ2n) is 7.37. The monoisotopic (exact) mass is 378 g/mol. The van der Waals surface area contributed by atoms with Gasteiger partial charge in [0.05, 0.1) is 18.9 Å². The van der Waals surface area contributed by atoms with E-state index in [1.807, 2.05) is 41.8 Å². The summed E-state index contributed by atoms with van der Waals surface area (Å²) in [6.07, 6.45) is 2.62. The molecule has 0 fully saturated rings. The van der Waals surface area contributed by atoms with Crippen LogP contribution in [0.4, 0.5) is 0 Å². The van der Waals surface area contributed by atoms with Crippen LogP contribution in [0, 0.1) is 13.8 Å². The third-order valence-corrected chi connectivity index (χ3v) is 5.29. The number of ether oxygens (including phenoxy) is 1. The Morgan fingerprint density at radius 3 is 2.64 bits per heavy atom. The standard InChI is InChI=1S/C22H26N4O2/c1-15-12-16(2)26-22(23-15)13-20(24-26)17-8-10-25(11-9-17)14-21(27)18-4-6-19(28-3)7-5-18/h4-8,12-13,21,27H,9-11,14H2,1-3H3/t21-/m0/s1. The molecular formula is C22H26N4O2. The summed E-state index contributed by atoms with van der Waals surface area (Å²) in [5.41, 5.74) is 6.15. The van der Waals surface area contributed by atoms with E-state index in [2.05, 4.69) is 29.0 Å². The Balaban J connectivity index is 1.43. The van der Waals surface area contributed by atoms with E-state index in [1.54, 1.807) is 7.11 Å². The molecule has 3 aromatic rings. The number of rotatable bonds is 5. The van der Waals surface area contributed by atoms with E-state index < -0.39 is 6.10 Å². The van der Waals surface area contributed by atoms with Crippen LogP contribution >= 0.6 is 0 Å². The highest BCUT2D eigenvalue weighted by Crippen LogP contribution is 2.25. The summed E-state index contributed by atoms with van der Waals surface area (Å²) in [6.45, 7) is 6.38. The van der Waals surface area contributed by atoms with Crippen LogP contribution < -0.4 is 4.74 Å². The van der Waals surface area contributed by atoms with Crippen molar-refractivity contribution in [2.75, 3.05) is 26.7 Å². The molecule has 146 valence electrons. The lowest BCUT2D eigenvalue weighted by Gasteiger charge is -2.28. The Hall–Kier alpha value is -2.70. The van der Waals surface area contributed by atoms with Gasteiger partial charge < -0.3 is 9.84 Å². The molecule has 0 saturated carbocycles. The van der Waals surface area contributed by atoms with Crippen LogP contribution in [-0.4, -0.2) is 51.3 Å². The normalized spacial score (nSPS) is 16.2. The zero-order valence-electron chi connectivity index (χ0n) is 16.6. The van der Waals surface area contributed by atoms with Crippen LogP contribution in [0.15, 0.2) is 42.5 Å². The smallest absolute Gasteiger partial charge is 0.156 e. The fraction of sp³-hybridized carbons (Fsp3) is 0.364. The van der Waals surface area contributed by atoms with Crippen molar-refractivity contribution in [3.05, 3.63) is 65.1 Å². The van der Waals surface area contributed by atoms with E-state index in [0.717, 1.165) is 53.6 Å². The quantitative estimate of drug-likeness (QED) is 0.739. The summed E-state index contributed by atoms with van der Waals surface area (Å²) in [5, 5.41) is 15.3. The number of fused-ring (bicyclic) bond motifs is 1. The van der Waals surface area contributed by atoms with Gasteiger partial charge in [0.2, 0.25) is 0 Å². The Morgan fingerprint density at radius 1 is 1.18 bits per heavy atom. The van der Waals surface area contributed by atoms with Gasteiger partial charge in [-0.25, -0.2) is 9.50 Å². The second-order valence-corrected chi connectivity index (χ2v) is 7.37. The fourth-order valence-corrected chi connectivity index (χ4v) is 3.73. The lowest BCUT2D eigenvalue weighted by atomic mass is 10.0. The number of aliphatic hydroxyl groups excluding tert-OH is 1. The van der Waals surface area contributed by atoms with Crippen molar-refractivity contribution in [1.29, 1.82) is 0 Å². The highest BCUT2D eigenvalue weighted by atomic mass is 16.5. The number of benzene rings is 1. The summed E-state index contributed by atoms with van der Waals surface area (Å²) >= 11 is 0. The molecule has 0 bridgehead atoms. The Morgan fingerprint density at radius 2 is 1.96 bits per heavy atom. The molecule has 3 heterocycles. The Kier molecular flexibility index (Phi) is 5.15. The van der Waals surface area contributed by atoms with Crippen molar-refractivity contribution >= 4 is 11.2 Å². The zero-order valence-corrected chi connectivity index (χ0v) is 16.6. The van der Waals surface area contributed by atoms with Gasteiger partial charge in [0.15, 0.2) is 5.65 Å². The third kappa shape index (κ3) is 3.79. The molecular weight excluding hydrogens is 352 g/mol. The van der Waals surface area contributed by atoms with Gasteiger partial charge in [0.25, 0.3) is 0 Å². The molecule has 1 N–H and O–H groups in total. The van der Waals surface area contributed by atoms with Gasteiger partial charge in [0, 0.05) is 37.1 Å². The highest BCUT2D eigenvalue weighted by Gasteiger charge is 2.19. The molecule has 2 aromatic heterocycles. The van der Waals surface area contributed by atoms with E-state index in [9.17, 15) is 5.11 Å². The molecule has 0 unspecified atom stereocenters. The topological polar surface area (TPSA) is 62.9 Å². The Bertz CT molecular complexity index is 1010. The van der Waals surface area contributed by atoms with Crippen molar-refractivity contribution in [3.63, 3.8) is 0 Å². The molecule has 1 aliphatic heterocycles. The van der Waals surface area contributed by atoms with E-state index in [4.69, 9.17) is 9.84 Å².